The van der Waals surface area contributed by atoms with Crippen LogP contribution >= 0.6 is 11.8 Å². The third-order valence-corrected chi connectivity index (χ3v) is 6.30. The molecule has 7 nitrogen and oxygen atoms in total. The number of carbonyl (C=O) groups excluding carboxylic acids is 1. The van der Waals surface area contributed by atoms with E-state index in [4.69, 9.17) is 0 Å². The number of thioether (sulfide) groups is 1. The minimum Gasteiger partial charge on any atom is -0.406 e. The van der Waals surface area contributed by atoms with Crippen LogP contribution < -0.4 is 15.6 Å². The number of ether oxygens (including phenoxy) is 1. The summed E-state index contributed by atoms with van der Waals surface area (Å²) in [6, 6.07) is 14.3. The van der Waals surface area contributed by atoms with E-state index in [0.717, 1.165) is 40.6 Å². The van der Waals surface area contributed by atoms with Gasteiger partial charge in [-0.15, -0.1) is 13.2 Å². The molecule has 2 aromatic heterocycles. The maximum atomic E-state index is 13.9. The first-order valence-corrected chi connectivity index (χ1v) is 11.8. The molecule has 0 aliphatic heterocycles. The molecule has 5 rings (SSSR count). The van der Waals surface area contributed by atoms with E-state index in [0.29, 0.717) is 22.5 Å². The van der Waals surface area contributed by atoms with E-state index < -0.39 is 35.2 Å². The van der Waals surface area contributed by atoms with Gasteiger partial charge >= 0.3 is 6.36 Å². The maximum Gasteiger partial charge on any atom is 0.573 e. The Morgan fingerprint density at radius 3 is 2.50 bits per heavy atom. The van der Waals surface area contributed by atoms with Crippen molar-refractivity contribution < 1.29 is 31.5 Å². The van der Waals surface area contributed by atoms with Gasteiger partial charge in [-0.3, -0.25) is 14.2 Å². The number of benzene rings is 3. The monoisotopic (exact) mass is 546 g/mol. The lowest BCUT2D eigenvalue weighted by atomic mass is 10.2. The number of aromatic nitrogens is 3. The number of hydrogen-bond acceptors (Lipinski definition) is 5. The molecule has 2 heterocycles. The zero-order valence-electron chi connectivity index (χ0n) is 19.0. The van der Waals surface area contributed by atoms with Crippen LogP contribution in [0.3, 0.4) is 0 Å². The number of nitrogens with one attached hydrogen (secondary N) is 2. The van der Waals surface area contributed by atoms with E-state index in [1.165, 1.54) is 12.1 Å². The number of aromatic amines is 1. The molecule has 0 unspecified atom stereocenters. The highest BCUT2D eigenvalue weighted by atomic mass is 32.2. The lowest BCUT2D eigenvalue weighted by Gasteiger charge is -2.14. The van der Waals surface area contributed by atoms with Crippen molar-refractivity contribution in [1.82, 2.24) is 14.5 Å². The van der Waals surface area contributed by atoms with Crippen molar-refractivity contribution >= 4 is 45.3 Å². The van der Waals surface area contributed by atoms with Gasteiger partial charge in [-0.25, -0.2) is 13.8 Å². The molecule has 194 valence electrons. The van der Waals surface area contributed by atoms with Gasteiger partial charge in [-0.05, 0) is 42.5 Å². The summed E-state index contributed by atoms with van der Waals surface area (Å²) in [6.07, 6.45) is -4.89. The average molecular weight is 546 g/mol. The van der Waals surface area contributed by atoms with Crippen LogP contribution in [0.1, 0.15) is 0 Å². The second-order valence-corrected chi connectivity index (χ2v) is 8.87. The third kappa shape index (κ3) is 5.18. The van der Waals surface area contributed by atoms with Crippen LogP contribution in [0.2, 0.25) is 0 Å². The molecule has 0 saturated heterocycles. The Labute approximate surface area is 214 Å². The molecule has 0 aliphatic rings. The van der Waals surface area contributed by atoms with E-state index in [2.05, 4.69) is 20.0 Å². The normalized spacial score (nSPS) is 11.7. The average Bonchev–Trinajstić information content (AvgIpc) is 3.23. The Hall–Kier alpha value is -4.39. The van der Waals surface area contributed by atoms with Crippen molar-refractivity contribution in [2.45, 2.75) is 11.5 Å². The molecular weight excluding hydrogens is 531 g/mol. The first kappa shape index (κ1) is 25.3. The lowest BCUT2D eigenvalue weighted by molar-refractivity contribution is -0.274. The molecule has 13 heteroatoms. The zero-order chi connectivity index (χ0) is 27.0. The number of alkyl halides is 3. The Morgan fingerprint density at radius 2 is 1.79 bits per heavy atom. The first-order valence-electron chi connectivity index (χ1n) is 10.9. The van der Waals surface area contributed by atoms with E-state index >= 15 is 0 Å². The number of para-hydroxylation sites is 1. The first-order chi connectivity index (χ1) is 18.1. The zero-order valence-corrected chi connectivity index (χ0v) is 19.8. The number of fused-ring (bicyclic) bond motifs is 3. The highest BCUT2D eigenvalue weighted by Gasteiger charge is 2.31. The van der Waals surface area contributed by atoms with Crippen LogP contribution in [0.5, 0.6) is 5.75 Å². The Kier molecular flexibility index (Phi) is 6.53. The molecule has 38 heavy (non-hydrogen) atoms. The molecule has 5 aromatic rings. The number of halogens is 5. The lowest BCUT2D eigenvalue weighted by Crippen LogP contribution is -2.23. The molecule has 0 saturated carbocycles. The van der Waals surface area contributed by atoms with Gasteiger partial charge in [0.15, 0.2) is 5.16 Å². The second-order valence-electron chi connectivity index (χ2n) is 7.93. The molecule has 1 amide bonds. The number of carbonyl (C=O) groups is 1. The molecule has 0 atom stereocenters. The van der Waals surface area contributed by atoms with Crippen LogP contribution in [0.4, 0.5) is 27.6 Å². The number of anilines is 1. The van der Waals surface area contributed by atoms with E-state index in [9.17, 15) is 31.5 Å². The predicted octanol–water partition coefficient (Wildman–Crippen LogP) is 5.77. The summed E-state index contributed by atoms with van der Waals surface area (Å²) in [6.45, 7) is 0. The van der Waals surface area contributed by atoms with Gasteiger partial charge in [0.25, 0.3) is 5.56 Å². The fourth-order valence-corrected chi connectivity index (χ4v) is 4.58. The summed E-state index contributed by atoms with van der Waals surface area (Å²) in [7, 11) is 0. The predicted molar refractivity (Wildman–Crippen MR) is 132 cm³/mol. The van der Waals surface area contributed by atoms with Gasteiger partial charge < -0.3 is 15.0 Å². The SMILES string of the molecule is O=C(CSc1nc2c([nH]c3ccccc32)c(=O)n1-c1ccc(OC(F)(F)F)cc1)Nc1ccc(F)cc1F. The number of nitrogens with zero attached hydrogens (tertiary/aromatic N) is 2. The fraction of sp³-hybridized carbons (Fsp3) is 0.0800. The minimum absolute atomic E-state index is 0.0615. The molecule has 0 fully saturated rings. The van der Waals surface area contributed by atoms with E-state index in [-0.39, 0.29) is 27.8 Å². The second kappa shape index (κ2) is 9.82. The van der Waals surface area contributed by atoms with Gasteiger partial charge in [-0.1, -0.05) is 30.0 Å². The Balaban J connectivity index is 1.53. The number of amides is 1. The largest absolute Gasteiger partial charge is 0.573 e. The van der Waals surface area contributed by atoms with Crippen LogP contribution in [-0.4, -0.2) is 32.6 Å². The summed E-state index contributed by atoms with van der Waals surface area (Å²) < 4.78 is 69.8. The summed E-state index contributed by atoms with van der Waals surface area (Å²) in [5.74, 6) is -3.22. The van der Waals surface area contributed by atoms with Crippen LogP contribution in [0.15, 0.2) is 76.7 Å². The summed E-state index contributed by atoms with van der Waals surface area (Å²) in [4.78, 5) is 33.6. The van der Waals surface area contributed by atoms with Crippen molar-refractivity contribution in [2.75, 3.05) is 11.1 Å². The van der Waals surface area contributed by atoms with Crippen LogP contribution in [0, 0.1) is 11.6 Å². The van der Waals surface area contributed by atoms with Gasteiger partial charge in [-0.2, -0.15) is 0 Å². The maximum absolute atomic E-state index is 13.9. The molecule has 0 spiro atoms. The van der Waals surface area contributed by atoms with Crippen molar-refractivity contribution in [1.29, 1.82) is 0 Å². The molecule has 3 aromatic carbocycles. The number of rotatable bonds is 6. The summed E-state index contributed by atoms with van der Waals surface area (Å²) in [5, 5.41) is 3.04. The Morgan fingerprint density at radius 1 is 1.05 bits per heavy atom. The minimum atomic E-state index is -4.89. The smallest absolute Gasteiger partial charge is 0.406 e. The van der Waals surface area contributed by atoms with Gasteiger partial charge in [0.1, 0.15) is 28.4 Å². The van der Waals surface area contributed by atoms with Gasteiger partial charge in [0.05, 0.1) is 17.1 Å². The Bertz CT molecular complexity index is 1730. The van der Waals surface area contributed by atoms with E-state index in [1.807, 2.05) is 0 Å². The highest BCUT2D eigenvalue weighted by molar-refractivity contribution is 7.99. The quantitative estimate of drug-likeness (QED) is 0.160. The van der Waals surface area contributed by atoms with Crippen LogP contribution in [-0.2, 0) is 4.79 Å². The van der Waals surface area contributed by atoms with Crippen LogP contribution in [0.25, 0.3) is 27.6 Å². The van der Waals surface area contributed by atoms with Crippen molar-refractivity contribution in [3.8, 4) is 11.4 Å². The van der Waals surface area contributed by atoms with Crippen molar-refractivity contribution in [2.24, 2.45) is 0 Å². The molecule has 0 aliphatic carbocycles. The summed E-state index contributed by atoms with van der Waals surface area (Å²) in [5.41, 5.74) is 0.526. The molecular formula is C25H15F5N4O3S. The van der Waals surface area contributed by atoms with Gasteiger partial charge in [0.2, 0.25) is 5.91 Å². The topological polar surface area (TPSA) is 89.0 Å². The van der Waals surface area contributed by atoms with Crippen molar-refractivity contribution in [3.05, 3.63) is 88.7 Å². The highest BCUT2D eigenvalue weighted by Crippen LogP contribution is 2.28. The van der Waals surface area contributed by atoms with Crippen molar-refractivity contribution in [3.63, 3.8) is 0 Å². The standard InChI is InChI=1S/C25H15F5N4O3S/c26-13-5-10-19(17(27)11-13)31-20(35)12-38-24-33-21-16-3-1-2-4-18(16)32-22(21)23(36)34(24)14-6-8-15(9-7-14)37-25(28,29)30/h1-11,32H,12H2,(H,31,35). The molecule has 0 bridgehead atoms. The van der Waals surface area contributed by atoms with E-state index in [1.54, 1.807) is 24.3 Å². The number of H-pyrrole nitrogens is 1. The van der Waals surface area contributed by atoms with Gasteiger partial charge in [0, 0.05) is 17.0 Å². The summed E-state index contributed by atoms with van der Waals surface area (Å²) >= 11 is 0.852. The number of hydrogen-bond donors (Lipinski definition) is 2. The molecule has 2 N–H and O–H groups in total. The fourth-order valence-electron chi connectivity index (χ4n) is 3.77. The molecule has 0 radical (unpaired) electrons. The third-order valence-electron chi connectivity index (χ3n) is 5.36.